The molecule has 74 heavy (non-hydrogen) atoms. The highest BCUT2D eigenvalue weighted by atomic mass is 16.4. The number of carbonyl (C=O) groups excluding carboxylic acids is 8. The van der Waals surface area contributed by atoms with Gasteiger partial charge >= 0.3 is 5.97 Å². The lowest BCUT2D eigenvalue weighted by atomic mass is 10.0. The maximum atomic E-state index is 14.2. The van der Waals surface area contributed by atoms with Crippen LogP contribution >= 0.6 is 0 Å². The predicted molar refractivity (Wildman–Crippen MR) is 271 cm³/mol. The smallest absolute Gasteiger partial charge is 0.326 e. The number of hydrogen-bond donors (Lipinski definition) is 11. The van der Waals surface area contributed by atoms with Crippen LogP contribution < -0.4 is 49.5 Å². The van der Waals surface area contributed by atoms with E-state index in [1.807, 2.05) is 0 Å². The van der Waals surface area contributed by atoms with Crippen LogP contribution in [0.2, 0.25) is 0 Å². The Kier molecular flexibility index (Phi) is 22.5. The molecule has 3 saturated heterocycles. The molecule has 0 saturated carbocycles. The van der Waals surface area contributed by atoms with Crippen LogP contribution in [0.3, 0.4) is 0 Å². The summed E-state index contributed by atoms with van der Waals surface area (Å²) in [5.74, 6) is -6.60. The third-order valence-electron chi connectivity index (χ3n) is 13.4. The second-order valence-corrected chi connectivity index (χ2v) is 18.8. The Morgan fingerprint density at radius 2 is 1.16 bits per heavy atom. The Hall–Kier alpha value is -7.18. The van der Waals surface area contributed by atoms with E-state index in [0.29, 0.717) is 69.0 Å². The number of nitrogens with two attached hydrogens (primary N) is 4. The van der Waals surface area contributed by atoms with Crippen molar-refractivity contribution in [1.82, 2.24) is 41.3 Å². The fourth-order valence-electron chi connectivity index (χ4n) is 9.53. The summed E-state index contributed by atoms with van der Waals surface area (Å²) in [5, 5.41) is 33.3. The van der Waals surface area contributed by atoms with Crippen molar-refractivity contribution >= 4 is 59.2 Å². The number of carboxylic acids is 1. The van der Waals surface area contributed by atoms with Crippen LogP contribution in [0.5, 0.6) is 0 Å². The zero-order valence-electron chi connectivity index (χ0n) is 41.7. The van der Waals surface area contributed by atoms with Crippen LogP contribution in [0.25, 0.3) is 0 Å². The molecule has 15 N–H and O–H groups in total. The summed E-state index contributed by atoms with van der Waals surface area (Å²) in [6.07, 6.45) is 4.25. The number of aliphatic hydroxyl groups is 1. The van der Waals surface area contributed by atoms with Gasteiger partial charge in [-0.1, -0.05) is 67.1 Å². The van der Waals surface area contributed by atoms with Crippen molar-refractivity contribution in [2.24, 2.45) is 27.9 Å². The molecule has 5 rings (SSSR count). The summed E-state index contributed by atoms with van der Waals surface area (Å²) in [4.78, 5) is 130. The number of carbonyl (C=O) groups is 9. The van der Waals surface area contributed by atoms with E-state index < -0.39 is 115 Å². The summed E-state index contributed by atoms with van der Waals surface area (Å²) in [5.41, 5.74) is 24.0. The highest BCUT2D eigenvalue weighted by Gasteiger charge is 2.44. The summed E-state index contributed by atoms with van der Waals surface area (Å²) in [6.45, 7) is -0.293. The first-order valence-corrected chi connectivity index (χ1v) is 25.3. The van der Waals surface area contributed by atoms with Gasteiger partial charge in [0.25, 0.3) is 0 Å². The SMILES string of the molecule is NCCCC[C@H](N)C(=O)N[C@@H](CCCN=C(N)N)C(=O)N1CCC[C@H]1C(=O)N1CCC[C@H]1C(=O)NCC(=O)N[C@@H](Cc1ccccc1)C(=O)N[C@@H](CO)C(=O)N1CCC[C@H]1C(=O)N[C@H](Cc1ccccc1)C(=O)O. The number of aliphatic hydroxyl groups excluding tert-OH is 1. The number of aliphatic imine (C=N–C) groups is 1. The summed E-state index contributed by atoms with van der Waals surface area (Å²) in [7, 11) is 0. The Balaban J connectivity index is 1.20. The number of hydrogen-bond acceptors (Lipinski definition) is 13. The van der Waals surface area contributed by atoms with Crippen molar-refractivity contribution in [3.63, 3.8) is 0 Å². The zero-order chi connectivity index (χ0) is 53.7. The summed E-state index contributed by atoms with van der Waals surface area (Å²) in [6, 6.07) is 8.31. The Labute approximate surface area is 430 Å². The van der Waals surface area contributed by atoms with Crippen LogP contribution in [-0.4, -0.2) is 178 Å². The lowest BCUT2D eigenvalue weighted by Gasteiger charge is -2.33. The molecule has 24 nitrogen and oxygen atoms in total. The van der Waals surface area contributed by atoms with Gasteiger partial charge in [0.05, 0.1) is 19.2 Å². The molecule has 2 aromatic carbocycles. The Morgan fingerprint density at radius 3 is 1.74 bits per heavy atom. The van der Waals surface area contributed by atoms with E-state index in [1.165, 1.54) is 14.7 Å². The van der Waals surface area contributed by atoms with Gasteiger partial charge in [-0.3, -0.25) is 43.3 Å². The number of nitrogens with one attached hydrogen (secondary N) is 5. The van der Waals surface area contributed by atoms with Gasteiger partial charge in [-0.15, -0.1) is 0 Å². The number of amides is 8. The number of aliphatic carboxylic acids is 1. The van der Waals surface area contributed by atoms with Gasteiger partial charge in [-0.25, -0.2) is 4.79 Å². The van der Waals surface area contributed by atoms with E-state index in [1.54, 1.807) is 60.7 Å². The van der Waals surface area contributed by atoms with E-state index in [9.17, 15) is 53.4 Å². The molecular formula is C50H73N13O11. The van der Waals surface area contributed by atoms with Gasteiger partial charge in [-0.05, 0) is 81.9 Å². The fourth-order valence-corrected chi connectivity index (χ4v) is 9.53. The highest BCUT2D eigenvalue weighted by molar-refractivity contribution is 5.98. The average Bonchev–Trinajstić information content (AvgIpc) is 4.20. The first-order valence-electron chi connectivity index (χ1n) is 25.3. The Bertz CT molecular complexity index is 2290. The van der Waals surface area contributed by atoms with Crippen molar-refractivity contribution in [3.8, 4) is 0 Å². The van der Waals surface area contributed by atoms with Crippen LogP contribution in [0, 0.1) is 0 Å². The molecule has 24 heteroatoms. The molecule has 0 aromatic heterocycles. The topological polar surface area (TPSA) is 380 Å². The minimum absolute atomic E-state index is 0.00123. The van der Waals surface area contributed by atoms with Gasteiger partial charge in [0, 0.05) is 39.0 Å². The molecule has 0 unspecified atom stereocenters. The van der Waals surface area contributed by atoms with Gasteiger partial charge < -0.3 is 74.4 Å². The van der Waals surface area contributed by atoms with Crippen LogP contribution in [-0.2, 0) is 56.0 Å². The molecule has 404 valence electrons. The molecule has 0 aliphatic carbocycles. The van der Waals surface area contributed by atoms with Crippen molar-refractivity contribution in [2.45, 2.75) is 132 Å². The fraction of sp³-hybridized carbons (Fsp3) is 0.560. The molecular weight excluding hydrogens is 959 g/mol. The standard InChI is InChI=1S/C50H73N13O11/c51-22-8-7-17-33(52)42(66)58-34(18-9-23-55-50(53)54)46(70)63-26-12-21-40(63)48(72)62-25-10-19-38(62)44(68)56-29-41(65)57-35(27-31-13-3-1-4-14-31)43(67)60-37(30-64)47(71)61-24-11-20-39(61)45(69)59-36(49(73)74)28-32-15-5-2-6-16-32/h1-6,13-16,33-40,64H,7-12,17-30,51-52H2,(H,56,68)(H,57,65)(H,58,66)(H,59,69)(H,60,67)(H,73,74)(H4,53,54,55)/t33-,34-,35-,36+,37-,38-,39-,40-/m0/s1. The number of guanidine groups is 1. The quantitative estimate of drug-likeness (QED) is 0.0243. The molecule has 3 heterocycles. The number of nitrogens with zero attached hydrogens (tertiary/aromatic N) is 4. The average molecular weight is 1030 g/mol. The van der Waals surface area contributed by atoms with Crippen LogP contribution in [0.15, 0.2) is 65.7 Å². The van der Waals surface area contributed by atoms with Crippen molar-refractivity contribution in [2.75, 3.05) is 45.9 Å². The van der Waals surface area contributed by atoms with Crippen LogP contribution in [0.1, 0.15) is 81.8 Å². The first kappa shape index (κ1) is 57.7. The predicted octanol–water partition coefficient (Wildman–Crippen LogP) is -2.91. The number of likely N-dealkylation sites (tertiary alicyclic amines) is 3. The maximum Gasteiger partial charge on any atom is 0.326 e. The van der Waals surface area contributed by atoms with E-state index in [4.69, 9.17) is 22.9 Å². The second-order valence-electron chi connectivity index (χ2n) is 18.8. The molecule has 8 amide bonds. The minimum Gasteiger partial charge on any atom is -0.480 e. The molecule has 0 bridgehead atoms. The first-order chi connectivity index (χ1) is 35.5. The van der Waals surface area contributed by atoms with E-state index in [2.05, 4.69) is 31.6 Å². The molecule has 3 aliphatic heterocycles. The third-order valence-corrected chi connectivity index (χ3v) is 13.4. The normalized spacial score (nSPS) is 19.3. The number of carboxylic acid groups (broad SMARTS) is 1. The summed E-state index contributed by atoms with van der Waals surface area (Å²) < 4.78 is 0. The van der Waals surface area contributed by atoms with Gasteiger partial charge in [0.2, 0.25) is 47.3 Å². The van der Waals surface area contributed by atoms with Gasteiger partial charge in [-0.2, -0.15) is 0 Å². The summed E-state index contributed by atoms with van der Waals surface area (Å²) >= 11 is 0. The largest absolute Gasteiger partial charge is 0.480 e. The van der Waals surface area contributed by atoms with Crippen molar-refractivity contribution in [1.29, 1.82) is 0 Å². The van der Waals surface area contributed by atoms with Crippen molar-refractivity contribution < 1.29 is 53.4 Å². The van der Waals surface area contributed by atoms with Crippen molar-refractivity contribution in [3.05, 3.63) is 71.8 Å². The zero-order valence-corrected chi connectivity index (χ0v) is 41.7. The minimum atomic E-state index is -1.54. The Morgan fingerprint density at radius 1 is 0.622 bits per heavy atom. The monoisotopic (exact) mass is 1030 g/mol. The second kappa shape index (κ2) is 28.9. The molecule has 0 radical (unpaired) electrons. The highest BCUT2D eigenvalue weighted by Crippen LogP contribution is 2.26. The number of rotatable bonds is 27. The van der Waals surface area contributed by atoms with Gasteiger partial charge in [0.15, 0.2) is 5.96 Å². The lowest BCUT2D eigenvalue weighted by Crippen LogP contribution is -2.59. The van der Waals surface area contributed by atoms with Crippen LogP contribution in [0.4, 0.5) is 0 Å². The van der Waals surface area contributed by atoms with Gasteiger partial charge in [0.1, 0.15) is 42.3 Å². The maximum absolute atomic E-state index is 14.2. The molecule has 3 aliphatic rings. The molecule has 8 atom stereocenters. The van der Waals surface area contributed by atoms with E-state index in [0.717, 1.165) is 0 Å². The number of benzene rings is 2. The molecule has 2 aromatic rings. The third kappa shape index (κ3) is 16.7. The number of unbranched alkanes of at least 4 members (excludes halogenated alkanes) is 1. The molecule has 0 spiro atoms. The van der Waals surface area contributed by atoms with E-state index >= 15 is 0 Å². The lowest BCUT2D eigenvalue weighted by molar-refractivity contribution is -0.148. The molecule has 3 fully saturated rings. The van der Waals surface area contributed by atoms with E-state index in [-0.39, 0.29) is 64.2 Å².